The molecular formula is C25H26N4O3S2. The summed E-state index contributed by atoms with van der Waals surface area (Å²) in [4.78, 5) is 33.3. The zero-order chi connectivity index (χ0) is 24.2. The lowest BCUT2D eigenvalue weighted by Gasteiger charge is -2.14. The molecule has 0 spiro atoms. The third-order valence-electron chi connectivity index (χ3n) is 5.51. The minimum absolute atomic E-state index is 0.213. The van der Waals surface area contributed by atoms with Gasteiger partial charge in [-0.15, -0.1) is 0 Å². The molecule has 0 radical (unpaired) electrons. The molecule has 0 saturated carbocycles. The highest BCUT2D eigenvalue weighted by Crippen LogP contribution is 2.34. The van der Waals surface area contributed by atoms with E-state index in [9.17, 15) is 9.59 Å². The monoisotopic (exact) mass is 494 g/mol. The first-order valence-electron chi connectivity index (χ1n) is 10.9. The topological polar surface area (TPSA) is 75.9 Å². The Morgan fingerprint density at radius 3 is 2.68 bits per heavy atom. The highest BCUT2D eigenvalue weighted by atomic mass is 32.2. The predicted molar refractivity (Wildman–Crippen MR) is 141 cm³/mol. The van der Waals surface area contributed by atoms with E-state index in [2.05, 4.69) is 5.32 Å². The number of nitrogens with one attached hydrogen (secondary N) is 1. The summed E-state index contributed by atoms with van der Waals surface area (Å²) in [5, 5.41) is 3.25. The van der Waals surface area contributed by atoms with Crippen molar-refractivity contribution in [3.63, 3.8) is 0 Å². The maximum atomic E-state index is 13.4. The molecule has 1 aliphatic rings. The molecule has 3 aromatic rings. The van der Waals surface area contributed by atoms with E-state index in [0.717, 1.165) is 23.1 Å². The van der Waals surface area contributed by atoms with E-state index >= 15 is 0 Å². The van der Waals surface area contributed by atoms with Gasteiger partial charge < -0.3 is 10.1 Å². The smallest absolute Gasteiger partial charge is 0.267 e. The van der Waals surface area contributed by atoms with Crippen molar-refractivity contribution in [2.75, 3.05) is 25.6 Å². The van der Waals surface area contributed by atoms with E-state index in [1.54, 1.807) is 24.3 Å². The van der Waals surface area contributed by atoms with Crippen LogP contribution in [0.25, 0.3) is 11.7 Å². The Labute approximate surface area is 207 Å². The molecule has 1 N–H and O–H groups in total. The van der Waals surface area contributed by atoms with Crippen LogP contribution in [0.5, 0.6) is 0 Å². The zero-order valence-electron chi connectivity index (χ0n) is 19.3. The summed E-state index contributed by atoms with van der Waals surface area (Å²) < 4.78 is 7.09. The first-order chi connectivity index (χ1) is 16.4. The van der Waals surface area contributed by atoms with Crippen LogP contribution >= 0.6 is 24.0 Å². The number of hydrogen-bond acceptors (Lipinski definition) is 7. The fourth-order valence-electron chi connectivity index (χ4n) is 3.64. The summed E-state index contributed by atoms with van der Waals surface area (Å²) in [7, 11) is 1.65. The summed E-state index contributed by atoms with van der Waals surface area (Å²) in [5.41, 5.74) is 3.69. The van der Waals surface area contributed by atoms with Crippen molar-refractivity contribution in [2.45, 2.75) is 26.8 Å². The van der Waals surface area contributed by atoms with Crippen molar-refractivity contribution in [1.29, 1.82) is 0 Å². The van der Waals surface area contributed by atoms with E-state index in [1.807, 2.05) is 50.2 Å². The molecule has 7 nitrogen and oxygen atoms in total. The molecule has 9 heteroatoms. The van der Waals surface area contributed by atoms with Crippen LogP contribution in [0.3, 0.4) is 0 Å². The molecule has 3 heterocycles. The van der Waals surface area contributed by atoms with Gasteiger partial charge in [-0.25, -0.2) is 4.98 Å². The quantitative estimate of drug-likeness (QED) is 0.286. The van der Waals surface area contributed by atoms with Crippen LogP contribution in [-0.2, 0) is 16.1 Å². The number of nitrogens with zero attached hydrogens (tertiary/aromatic N) is 3. The Balaban J connectivity index is 1.70. The molecule has 2 aromatic heterocycles. The molecule has 1 aromatic carbocycles. The largest absolute Gasteiger partial charge is 0.385 e. The Bertz CT molecular complexity index is 1330. The van der Waals surface area contributed by atoms with Crippen LogP contribution in [-0.4, -0.2) is 44.8 Å². The number of aromatic nitrogens is 2. The number of pyridine rings is 1. The average molecular weight is 495 g/mol. The van der Waals surface area contributed by atoms with Gasteiger partial charge in [-0.05, 0) is 43.5 Å². The number of rotatable bonds is 8. The van der Waals surface area contributed by atoms with E-state index in [1.165, 1.54) is 16.2 Å². The lowest BCUT2D eigenvalue weighted by Crippen LogP contribution is -2.27. The van der Waals surface area contributed by atoms with Crippen molar-refractivity contribution in [3.05, 3.63) is 80.1 Å². The fourth-order valence-corrected chi connectivity index (χ4v) is 4.88. The van der Waals surface area contributed by atoms with Crippen LogP contribution < -0.4 is 10.9 Å². The maximum absolute atomic E-state index is 13.4. The van der Waals surface area contributed by atoms with Gasteiger partial charge in [-0.2, -0.15) is 0 Å². The maximum Gasteiger partial charge on any atom is 0.267 e. The third kappa shape index (κ3) is 5.06. The van der Waals surface area contributed by atoms with E-state index in [-0.39, 0.29) is 11.5 Å². The van der Waals surface area contributed by atoms with E-state index in [0.29, 0.717) is 46.0 Å². The Kier molecular flexibility index (Phi) is 7.45. The van der Waals surface area contributed by atoms with Crippen molar-refractivity contribution in [3.8, 4) is 0 Å². The van der Waals surface area contributed by atoms with Crippen LogP contribution in [0.1, 0.15) is 28.7 Å². The minimum atomic E-state index is -0.244. The van der Waals surface area contributed by atoms with Gasteiger partial charge in [0.2, 0.25) is 0 Å². The number of hydrogen-bond donors (Lipinski definition) is 1. The number of carbonyl (C=O) groups is 1. The van der Waals surface area contributed by atoms with Gasteiger partial charge in [0.15, 0.2) is 0 Å². The van der Waals surface area contributed by atoms with Crippen LogP contribution in [0.15, 0.2) is 52.3 Å². The number of methoxy groups -OCH3 is 1. The van der Waals surface area contributed by atoms with Crippen LogP contribution in [0.2, 0.25) is 0 Å². The van der Waals surface area contributed by atoms with Gasteiger partial charge in [-0.3, -0.25) is 18.9 Å². The normalized spacial score (nSPS) is 15.0. The van der Waals surface area contributed by atoms with Gasteiger partial charge in [-0.1, -0.05) is 59.9 Å². The zero-order valence-corrected chi connectivity index (χ0v) is 21.0. The summed E-state index contributed by atoms with van der Waals surface area (Å²) in [6.45, 7) is 5.48. The number of benzene rings is 1. The van der Waals surface area contributed by atoms with Crippen molar-refractivity contribution >= 4 is 51.7 Å². The molecule has 1 amide bonds. The summed E-state index contributed by atoms with van der Waals surface area (Å²) in [6, 6.07) is 11.7. The summed E-state index contributed by atoms with van der Waals surface area (Å²) in [6.07, 6.45) is 4.05. The van der Waals surface area contributed by atoms with Crippen molar-refractivity contribution < 1.29 is 9.53 Å². The summed E-state index contributed by atoms with van der Waals surface area (Å²) >= 11 is 6.70. The molecule has 4 rings (SSSR count). The first kappa shape index (κ1) is 24.1. The number of thiocarbonyl (C=S) groups is 1. The molecule has 1 aliphatic heterocycles. The number of aryl methyl sites for hydroxylation is 2. The predicted octanol–water partition coefficient (Wildman–Crippen LogP) is 4.16. The molecule has 0 aliphatic carbocycles. The number of fused-ring (bicyclic) bond motifs is 1. The average Bonchev–Trinajstić information content (AvgIpc) is 3.08. The molecule has 0 bridgehead atoms. The SMILES string of the molecule is COCCCNc1nc2c(C)cccn2c(=O)c1C=C1SC(=S)N(Cc2ccc(C)cc2)C1=O. The van der Waals surface area contributed by atoms with Gasteiger partial charge >= 0.3 is 0 Å². The van der Waals surface area contributed by atoms with Crippen LogP contribution in [0, 0.1) is 13.8 Å². The number of carbonyl (C=O) groups excluding carboxylic acids is 1. The highest BCUT2D eigenvalue weighted by molar-refractivity contribution is 8.26. The van der Waals surface area contributed by atoms with Gasteiger partial charge in [0.25, 0.3) is 11.5 Å². The summed E-state index contributed by atoms with van der Waals surface area (Å²) in [5.74, 6) is 0.230. The standard InChI is InChI=1S/C25H26N4O3S2/c1-16-7-9-18(10-8-16)15-29-24(31)20(34-25(29)33)14-19-21(26-11-5-13-32-3)27-22-17(2)6-4-12-28(22)23(19)30/h4,6-10,12,14,26H,5,11,13,15H2,1-3H3. The van der Waals surface area contributed by atoms with E-state index in [4.69, 9.17) is 21.9 Å². The number of anilines is 1. The van der Waals surface area contributed by atoms with Crippen molar-refractivity contribution in [1.82, 2.24) is 14.3 Å². The molecule has 0 atom stereocenters. The Hall–Kier alpha value is -3.01. The fraction of sp³-hybridized carbons (Fsp3) is 0.280. The van der Waals surface area contributed by atoms with Gasteiger partial charge in [0, 0.05) is 26.5 Å². The lowest BCUT2D eigenvalue weighted by molar-refractivity contribution is -0.122. The van der Waals surface area contributed by atoms with Gasteiger partial charge in [0.05, 0.1) is 17.0 Å². The molecule has 1 saturated heterocycles. The first-order valence-corrected chi connectivity index (χ1v) is 12.2. The highest BCUT2D eigenvalue weighted by Gasteiger charge is 2.32. The number of ether oxygens (including phenoxy) is 1. The van der Waals surface area contributed by atoms with Gasteiger partial charge in [0.1, 0.15) is 15.8 Å². The molecule has 176 valence electrons. The molecular weight excluding hydrogens is 468 g/mol. The third-order valence-corrected chi connectivity index (χ3v) is 6.89. The minimum Gasteiger partial charge on any atom is -0.385 e. The number of thioether (sulfide) groups is 1. The lowest BCUT2D eigenvalue weighted by atomic mass is 10.1. The Morgan fingerprint density at radius 2 is 1.94 bits per heavy atom. The van der Waals surface area contributed by atoms with Crippen LogP contribution in [0.4, 0.5) is 5.82 Å². The van der Waals surface area contributed by atoms with Crippen molar-refractivity contribution in [2.24, 2.45) is 0 Å². The Morgan fingerprint density at radius 1 is 1.18 bits per heavy atom. The molecule has 34 heavy (non-hydrogen) atoms. The second-order valence-electron chi connectivity index (χ2n) is 8.09. The molecule has 1 fully saturated rings. The molecule has 0 unspecified atom stereocenters. The second-order valence-corrected chi connectivity index (χ2v) is 9.77. The second kappa shape index (κ2) is 10.5. The number of amides is 1. The van der Waals surface area contributed by atoms with E-state index < -0.39 is 0 Å².